The molecule has 1 heterocycles. The van der Waals surface area contributed by atoms with E-state index in [1.54, 1.807) is 0 Å². The fourth-order valence-corrected chi connectivity index (χ4v) is 1.47. The minimum atomic E-state index is 0.878. The summed E-state index contributed by atoms with van der Waals surface area (Å²) in [6.45, 7) is 4.16. The molecule has 0 bridgehead atoms. The first kappa shape index (κ1) is 10.4. The highest BCUT2D eigenvalue weighted by atomic mass is 16.5. The average molecular weight is 183 g/mol. The molecule has 0 radical (unpaired) electrons. The Bertz CT molecular complexity index is 154. The molecule has 0 unspecified atom stereocenters. The fraction of sp³-hybridized carbons (Fsp3) is 0.818. The summed E-state index contributed by atoms with van der Waals surface area (Å²) in [6, 6.07) is 0. The van der Waals surface area contributed by atoms with E-state index in [2.05, 4.69) is 18.3 Å². The molecule has 0 fully saturated rings. The van der Waals surface area contributed by atoms with Crippen molar-refractivity contribution in [2.24, 2.45) is 0 Å². The van der Waals surface area contributed by atoms with E-state index in [4.69, 9.17) is 4.74 Å². The molecular formula is C11H21NO. The van der Waals surface area contributed by atoms with Gasteiger partial charge in [0, 0.05) is 6.54 Å². The highest BCUT2D eigenvalue weighted by Gasteiger charge is 2.02. The lowest BCUT2D eigenvalue weighted by molar-refractivity contribution is 0.190. The molecule has 0 saturated carbocycles. The van der Waals surface area contributed by atoms with E-state index >= 15 is 0 Å². The second-order valence-electron chi connectivity index (χ2n) is 3.55. The van der Waals surface area contributed by atoms with Crippen LogP contribution in [0.25, 0.3) is 0 Å². The Labute approximate surface area is 81.4 Å². The third-order valence-electron chi connectivity index (χ3n) is 2.28. The van der Waals surface area contributed by atoms with Crippen LogP contribution in [0.15, 0.2) is 12.0 Å². The van der Waals surface area contributed by atoms with Crippen molar-refractivity contribution in [1.29, 1.82) is 0 Å². The Morgan fingerprint density at radius 3 is 2.85 bits per heavy atom. The molecule has 0 atom stereocenters. The van der Waals surface area contributed by atoms with E-state index in [-0.39, 0.29) is 0 Å². The third-order valence-corrected chi connectivity index (χ3v) is 2.28. The van der Waals surface area contributed by atoms with Crippen molar-refractivity contribution >= 4 is 0 Å². The number of rotatable bonds is 7. The molecule has 0 aliphatic carbocycles. The largest absolute Gasteiger partial charge is 0.479 e. The minimum absolute atomic E-state index is 0.878. The van der Waals surface area contributed by atoms with Gasteiger partial charge in [-0.2, -0.15) is 0 Å². The smallest absolute Gasteiger partial charge is 0.182 e. The van der Waals surface area contributed by atoms with E-state index in [0.717, 1.165) is 25.5 Å². The van der Waals surface area contributed by atoms with Gasteiger partial charge in [-0.1, -0.05) is 32.6 Å². The maximum absolute atomic E-state index is 5.53. The van der Waals surface area contributed by atoms with E-state index in [0.29, 0.717) is 0 Å². The van der Waals surface area contributed by atoms with Gasteiger partial charge in [-0.25, -0.2) is 0 Å². The lowest BCUT2D eigenvalue weighted by Gasteiger charge is -2.06. The zero-order chi connectivity index (χ0) is 9.36. The van der Waals surface area contributed by atoms with Gasteiger partial charge < -0.3 is 10.1 Å². The van der Waals surface area contributed by atoms with Gasteiger partial charge in [0.15, 0.2) is 5.88 Å². The quantitative estimate of drug-likeness (QED) is 0.613. The Balaban J connectivity index is 1.83. The van der Waals surface area contributed by atoms with E-state index in [1.165, 1.54) is 32.1 Å². The molecule has 2 heteroatoms. The van der Waals surface area contributed by atoms with Crippen LogP contribution in [-0.4, -0.2) is 13.2 Å². The molecular weight excluding hydrogens is 162 g/mol. The van der Waals surface area contributed by atoms with Gasteiger partial charge in [0.25, 0.3) is 0 Å². The molecule has 0 spiro atoms. The maximum Gasteiger partial charge on any atom is 0.182 e. The SMILES string of the molecule is CCCCCCCOC1=CCCN1. The van der Waals surface area contributed by atoms with Crippen LogP contribution in [0.3, 0.4) is 0 Å². The molecule has 1 aliphatic heterocycles. The van der Waals surface area contributed by atoms with Crippen molar-refractivity contribution in [3.05, 3.63) is 12.0 Å². The molecule has 1 aliphatic rings. The summed E-state index contributed by atoms with van der Waals surface area (Å²) in [4.78, 5) is 0. The maximum atomic E-state index is 5.53. The Morgan fingerprint density at radius 1 is 1.31 bits per heavy atom. The van der Waals surface area contributed by atoms with Crippen LogP contribution in [0.1, 0.15) is 45.4 Å². The monoisotopic (exact) mass is 183 g/mol. The Kier molecular flexibility index (Phi) is 5.46. The van der Waals surface area contributed by atoms with Crippen molar-refractivity contribution in [1.82, 2.24) is 5.32 Å². The molecule has 13 heavy (non-hydrogen) atoms. The van der Waals surface area contributed by atoms with Crippen LogP contribution in [0.2, 0.25) is 0 Å². The first-order valence-electron chi connectivity index (χ1n) is 5.50. The van der Waals surface area contributed by atoms with Crippen molar-refractivity contribution in [3.8, 4) is 0 Å². The zero-order valence-electron chi connectivity index (χ0n) is 8.64. The predicted molar refractivity (Wildman–Crippen MR) is 55.4 cm³/mol. The van der Waals surface area contributed by atoms with Gasteiger partial charge in [-0.15, -0.1) is 0 Å². The lowest BCUT2D eigenvalue weighted by atomic mass is 10.2. The summed E-state index contributed by atoms with van der Waals surface area (Å²) < 4.78 is 5.53. The van der Waals surface area contributed by atoms with Gasteiger partial charge in [-0.05, 0) is 18.9 Å². The fourth-order valence-electron chi connectivity index (χ4n) is 1.47. The molecule has 0 aromatic rings. The predicted octanol–water partition coefficient (Wildman–Crippen LogP) is 2.81. The van der Waals surface area contributed by atoms with Crippen LogP contribution in [-0.2, 0) is 4.74 Å². The normalized spacial score (nSPS) is 15.3. The first-order chi connectivity index (χ1) is 6.43. The van der Waals surface area contributed by atoms with Gasteiger partial charge in [0.05, 0.1) is 6.61 Å². The van der Waals surface area contributed by atoms with Crippen molar-refractivity contribution < 1.29 is 4.74 Å². The standard InChI is InChI=1S/C11H21NO/c1-2-3-4-5-6-10-13-11-8-7-9-12-11/h8,12H,2-7,9-10H2,1H3. The second kappa shape index (κ2) is 6.81. The molecule has 0 aromatic carbocycles. The number of nitrogens with one attached hydrogen (secondary N) is 1. The van der Waals surface area contributed by atoms with Gasteiger partial charge in [0.1, 0.15) is 0 Å². The van der Waals surface area contributed by atoms with Crippen molar-refractivity contribution in [3.63, 3.8) is 0 Å². The number of unbranched alkanes of at least 4 members (excludes halogenated alkanes) is 4. The highest BCUT2D eigenvalue weighted by Crippen LogP contribution is 2.06. The summed E-state index contributed by atoms with van der Waals surface area (Å²) in [5.41, 5.74) is 0. The minimum Gasteiger partial charge on any atom is -0.479 e. The summed E-state index contributed by atoms with van der Waals surface area (Å²) in [6.07, 6.45) is 9.78. The highest BCUT2D eigenvalue weighted by molar-refractivity contribution is 4.97. The van der Waals surface area contributed by atoms with Gasteiger partial charge >= 0.3 is 0 Å². The van der Waals surface area contributed by atoms with Crippen LogP contribution in [0.4, 0.5) is 0 Å². The van der Waals surface area contributed by atoms with Crippen molar-refractivity contribution in [2.75, 3.05) is 13.2 Å². The summed E-state index contributed by atoms with van der Waals surface area (Å²) >= 11 is 0. The molecule has 1 rings (SSSR count). The molecule has 0 saturated heterocycles. The molecule has 76 valence electrons. The lowest BCUT2D eigenvalue weighted by Crippen LogP contribution is -2.10. The van der Waals surface area contributed by atoms with Crippen molar-refractivity contribution in [2.45, 2.75) is 45.4 Å². The number of hydrogen-bond acceptors (Lipinski definition) is 2. The Morgan fingerprint density at radius 2 is 2.15 bits per heavy atom. The Hall–Kier alpha value is -0.660. The third kappa shape index (κ3) is 4.81. The first-order valence-corrected chi connectivity index (χ1v) is 5.50. The average Bonchev–Trinajstić information content (AvgIpc) is 2.63. The van der Waals surface area contributed by atoms with Gasteiger partial charge in [0.2, 0.25) is 0 Å². The molecule has 1 N–H and O–H groups in total. The molecule has 2 nitrogen and oxygen atoms in total. The number of hydrogen-bond donors (Lipinski definition) is 1. The topological polar surface area (TPSA) is 21.3 Å². The summed E-state index contributed by atoms with van der Waals surface area (Å²) in [5.74, 6) is 0.996. The molecule has 0 aromatic heterocycles. The van der Waals surface area contributed by atoms with E-state index in [1.807, 2.05) is 0 Å². The van der Waals surface area contributed by atoms with Crippen LogP contribution in [0.5, 0.6) is 0 Å². The molecule has 0 amide bonds. The van der Waals surface area contributed by atoms with E-state index in [9.17, 15) is 0 Å². The van der Waals surface area contributed by atoms with E-state index < -0.39 is 0 Å². The summed E-state index contributed by atoms with van der Waals surface area (Å²) in [5, 5.41) is 3.20. The van der Waals surface area contributed by atoms with Crippen LogP contribution < -0.4 is 5.32 Å². The van der Waals surface area contributed by atoms with Crippen LogP contribution in [0, 0.1) is 0 Å². The zero-order valence-corrected chi connectivity index (χ0v) is 8.64. The summed E-state index contributed by atoms with van der Waals surface area (Å²) in [7, 11) is 0. The second-order valence-corrected chi connectivity index (χ2v) is 3.55. The van der Waals surface area contributed by atoms with Gasteiger partial charge in [-0.3, -0.25) is 0 Å². The van der Waals surface area contributed by atoms with Crippen LogP contribution >= 0.6 is 0 Å². The number of ether oxygens (including phenoxy) is 1.